The molecule has 0 fully saturated rings. The van der Waals surface area contributed by atoms with Crippen LogP contribution in [-0.2, 0) is 6.42 Å². The van der Waals surface area contributed by atoms with Crippen molar-refractivity contribution >= 4 is 11.9 Å². The van der Waals surface area contributed by atoms with Gasteiger partial charge in [-0.25, -0.2) is 9.78 Å². The molecule has 0 saturated carbocycles. The van der Waals surface area contributed by atoms with Crippen molar-refractivity contribution in [3.05, 3.63) is 40.7 Å². The fraction of sp³-hybridized carbons (Fsp3) is 0.357. The molecule has 2 heterocycles. The van der Waals surface area contributed by atoms with E-state index in [1.54, 1.807) is 26.2 Å². The van der Waals surface area contributed by atoms with E-state index in [1.807, 2.05) is 0 Å². The van der Waals surface area contributed by atoms with Gasteiger partial charge in [0.1, 0.15) is 11.5 Å². The third kappa shape index (κ3) is 3.31. The molecule has 2 aromatic rings. The molecule has 0 aliphatic rings. The van der Waals surface area contributed by atoms with Crippen LogP contribution in [0.25, 0.3) is 0 Å². The van der Waals surface area contributed by atoms with Gasteiger partial charge in [0.15, 0.2) is 0 Å². The molecule has 0 bridgehead atoms. The van der Waals surface area contributed by atoms with Crippen LogP contribution in [0, 0.1) is 13.8 Å². The number of rotatable bonds is 6. The van der Waals surface area contributed by atoms with Crippen LogP contribution in [0.5, 0.6) is 0 Å². The highest BCUT2D eigenvalue weighted by atomic mass is 16.4. The molecular formula is C14H18N4O3. The van der Waals surface area contributed by atoms with Crippen LogP contribution in [0.15, 0.2) is 12.4 Å². The minimum Gasteiger partial charge on any atom is -0.477 e. The Morgan fingerprint density at radius 2 is 2.14 bits per heavy atom. The van der Waals surface area contributed by atoms with Crippen molar-refractivity contribution in [3.8, 4) is 0 Å². The van der Waals surface area contributed by atoms with Gasteiger partial charge in [0, 0.05) is 31.1 Å². The molecule has 0 unspecified atom stereocenters. The Labute approximate surface area is 121 Å². The van der Waals surface area contributed by atoms with E-state index in [-0.39, 0.29) is 11.6 Å². The van der Waals surface area contributed by atoms with E-state index < -0.39 is 5.97 Å². The van der Waals surface area contributed by atoms with Crippen molar-refractivity contribution in [3.63, 3.8) is 0 Å². The number of aromatic carboxylic acids is 1. The van der Waals surface area contributed by atoms with Crippen molar-refractivity contribution < 1.29 is 14.7 Å². The molecule has 2 aromatic heterocycles. The number of amides is 1. The van der Waals surface area contributed by atoms with Crippen molar-refractivity contribution in [2.75, 3.05) is 6.54 Å². The molecule has 0 aliphatic carbocycles. The molecule has 0 radical (unpaired) electrons. The fourth-order valence-electron chi connectivity index (χ4n) is 2.29. The van der Waals surface area contributed by atoms with Crippen LogP contribution in [0.1, 0.15) is 44.3 Å². The van der Waals surface area contributed by atoms with Gasteiger partial charge >= 0.3 is 5.97 Å². The topological polar surface area (TPSA) is 111 Å². The van der Waals surface area contributed by atoms with Crippen molar-refractivity contribution in [1.29, 1.82) is 0 Å². The number of aromatic amines is 2. The Kier molecular flexibility index (Phi) is 4.42. The Morgan fingerprint density at radius 1 is 1.38 bits per heavy atom. The van der Waals surface area contributed by atoms with Crippen LogP contribution >= 0.6 is 0 Å². The monoisotopic (exact) mass is 290 g/mol. The maximum atomic E-state index is 12.1. The quantitative estimate of drug-likeness (QED) is 0.603. The average molecular weight is 290 g/mol. The maximum absolute atomic E-state index is 12.1. The molecule has 7 heteroatoms. The van der Waals surface area contributed by atoms with Crippen LogP contribution < -0.4 is 5.32 Å². The standard InChI is InChI=1S/C14H18N4O3/c1-8-11(9(2)18-12(8)14(20)21)13(19)17-5-3-4-10-15-6-7-16-10/h6-7,18H,3-5H2,1-2H3,(H,15,16)(H,17,19)(H,20,21). The lowest BCUT2D eigenvalue weighted by Crippen LogP contribution is -2.25. The van der Waals surface area contributed by atoms with Gasteiger partial charge in [-0.3, -0.25) is 4.79 Å². The molecule has 0 aromatic carbocycles. The number of nitrogens with one attached hydrogen (secondary N) is 3. The van der Waals surface area contributed by atoms with Gasteiger partial charge in [-0.05, 0) is 25.8 Å². The van der Waals surface area contributed by atoms with E-state index in [2.05, 4.69) is 20.3 Å². The first kappa shape index (κ1) is 14.8. The highest BCUT2D eigenvalue weighted by molar-refractivity contribution is 6.00. The molecule has 4 N–H and O–H groups in total. The van der Waals surface area contributed by atoms with E-state index >= 15 is 0 Å². The molecule has 112 valence electrons. The van der Waals surface area contributed by atoms with Gasteiger partial charge in [0.05, 0.1) is 5.56 Å². The third-order valence-corrected chi connectivity index (χ3v) is 3.31. The zero-order valence-corrected chi connectivity index (χ0v) is 12.0. The summed E-state index contributed by atoms with van der Waals surface area (Å²) in [6.45, 7) is 3.83. The van der Waals surface area contributed by atoms with Crippen LogP contribution in [0.4, 0.5) is 0 Å². The average Bonchev–Trinajstić information content (AvgIpc) is 3.03. The van der Waals surface area contributed by atoms with E-state index in [9.17, 15) is 9.59 Å². The van der Waals surface area contributed by atoms with E-state index in [0.29, 0.717) is 23.4 Å². The number of aryl methyl sites for hydroxylation is 2. The highest BCUT2D eigenvalue weighted by Gasteiger charge is 2.21. The molecule has 7 nitrogen and oxygen atoms in total. The number of imidazole rings is 1. The zero-order valence-electron chi connectivity index (χ0n) is 12.0. The van der Waals surface area contributed by atoms with E-state index in [4.69, 9.17) is 5.11 Å². The summed E-state index contributed by atoms with van der Waals surface area (Å²) in [7, 11) is 0. The number of carboxylic acid groups (broad SMARTS) is 1. The molecule has 0 saturated heterocycles. The largest absolute Gasteiger partial charge is 0.477 e. The summed E-state index contributed by atoms with van der Waals surface area (Å²) in [5.41, 5.74) is 1.50. The second-order valence-corrected chi connectivity index (χ2v) is 4.83. The maximum Gasteiger partial charge on any atom is 0.352 e. The predicted octanol–water partition coefficient (Wildman–Crippen LogP) is 1.42. The second-order valence-electron chi connectivity index (χ2n) is 4.83. The Balaban J connectivity index is 1.93. The van der Waals surface area contributed by atoms with Crippen molar-refractivity contribution in [2.45, 2.75) is 26.7 Å². The van der Waals surface area contributed by atoms with Crippen LogP contribution in [-0.4, -0.2) is 38.5 Å². The minimum absolute atomic E-state index is 0.0632. The second kappa shape index (κ2) is 6.25. The molecule has 21 heavy (non-hydrogen) atoms. The summed E-state index contributed by atoms with van der Waals surface area (Å²) in [5, 5.41) is 11.8. The minimum atomic E-state index is -1.06. The normalized spacial score (nSPS) is 10.6. The van der Waals surface area contributed by atoms with E-state index in [1.165, 1.54) is 0 Å². The summed E-state index contributed by atoms with van der Waals surface area (Å²) in [6.07, 6.45) is 4.95. The lowest BCUT2D eigenvalue weighted by Gasteiger charge is -2.05. The lowest BCUT2D eigenvalue weighted by molar-refractivity contribution is 0.0690. The Bertz CT molecular complexity index is 643. The number of carbonyl (C=O) groups is 2. The van der Waals surface area contributed by atoms with E-state index in [0.717, 1.165) is 18.7 Å². The first-order valence-electron chi connectivity index (χ1n) is 6.69. The lowest BCUT2D eigenvalue weighted by atomic mass is 10.1. The summed E-state index contributed by atoms with van der Waals surface area (Å²) < 4.78 is 0. The molecule has 0 spiro atoms. The number of nitrogens with zero attached hydrogens (tertiary/aromatic N) is 1. The van der Waals surface area contributed by atoms with Gasteiger partial charge in [-0.1, -0.05) is 0 Å². The molecule has 1 amide bonds. The van der Waals surface area contributed by atoms with Crippen molar-refractivity contribution in [1.82, 2.24) is 20.3 Å². The molecule has 2 rings (SSSR count). The fourth-order valence-corrected chi connectivity index (χ4v) is 2.29. The van der Waals surface area contributed by atoms with Crippen LogP contribution in [0.2, 0.25) is 0 Å². The summed E-state index contributed by atoms with van der Waals surface area (Å²) in [5.74, 6) is -0.438. The Hall–Kier alpha value is -2.57. The number of H-pyrrole nitrogens is 2. The first-order valence-corrected chi connectivity index (χ1v) is 6.69. The molecule has 0 aliphatic heterocycles. The molecular weight excluding hydrogens is 272 g/mol. The zero-order chi connectivity index (χ0) is 15.4. The van der Waals surface area contributed by atoms with Gasteiger partial charge in [-0.2, -0.15) is 0 Å². The van der Waals surface area contributed by atoms with Gasteiger partial charge in [-0.15, -0.1) is 0 Å². The number of hydrogen-bond donors (Lipinski definition) is 4. The third-order valence-electron chi connectivity index (χ3n) is 3.31. The summed E-state index contributed by atoms with van der Waals surface area (Å²) in [4.78, 5) is 33.0. The van der Waals surface area contributed by atoms with Gasteiger partial charge < -0.3 is 20.4 Å². The predicted molar refractivity (Wildman–Crippen MR) is 76.5 cm³/mol. The summed E-state index contributed by atoms with van der Waals surface area (Å²) in [6, 6.07) is 0. The number of aromatic nitrogens is 3. The first-order chi connectivity index (χ1) is 10.0. The number of carbonyl (C=O) groups excluding carboxylic acids is 1. The Morgan fingerprint density at radius 3 is 2.71 bits per heavy atom. The summed E-state index contributed by atoms with van der Waals surface area (Å²) >= 11 is 0. The van der Waals surface area contributed by atoms with Gasteiger partial charge in [0.2, 0.25) is 0 Å². The highest BCUT2D eigenvalue weighted by Crippen LogP contribution is 2.17. The van der Waals surface area contributed by atoms with Crippen LogP contribution in [0.3, 0.4) is 0 Å². The number of carboxylic acids is 1. The number of hydrogen-bond acceptors (Lipinski definition) is 3. The van der Waals surface area contributed by atoms with Gasteiger partial charge in [0.25, 0.3) is 5.91 Å². The SMILES string of the molecule is Cc1[nH]c(C(=O)O)c(C)c1C(=O)NCCCc1ncc[nH]1. The molecule has 0 atom stereocenters. The van der Waals surface area contributed by atoms with Crippen molar-refractivity contribution in [2.24, 2.45) is 0 Å². The smallest absolute Gasteiger partial charge is 0.352 e.